The molecule has 2 aromatic rings. The van der Waals surface area contributed by atoms with Gasteiger partial charge in [-0.15, -0.1) is 12.4 Å². The number of hydrogen-bond donors (Lipinski definition) is 2. The van der Waals surface area contributed by atoms with Crippen molar-refractivity contribution in [1.29, 1.82) is 0 Å². The van der Waals surface area contributed by atoms with Gasteiger partial charge in [0.05, 0.1) is 13.0 Å². The van der Waals surface area contributed by atoms with Crippen molar-refractivity contribution in [2.24, 2.45) is 5.73 Å². The van der Waals surface area contributed by atoms with E-state index in [9.17, 15) is 9.59 Å². The largest absolute Gasteiger partial charge is 0.493 e. The predicted octanol–water partition coefficient (Wildman–Crippen LogP) is 2.54. The van der Waals surface area contributed by atoms with Gasteiger partial charge in [0.2, 0.25) is 11.8 Å². The van der Waals surface area contributed by atoms with Crippen LogP contribution in [0, 0.1) is 0 Å². The number of primary amides is 1. The van der Waals surface area contributed by atoms with Crippen LogP contribution in [0.5, 0.6) is 5.75 Å². The molecule has 1 aliphatic heterocycles. The second kappa shape index (κ2) is 8.58. The van der Waals surface area contributed by atoms with Crippen LogP contribution in [0.15, 0.2) is 42.5 Å². The summed E-state index contributed by atoms with van der Waals surface area (Å²) >= 11 is 0. The van der Waals surface area contributed by atoms with Gasteiger partial charge < -0.3 is 21.1 Å². The van der Waals surface area contributed by atoms with Gasteiger partial charge in [-0.05, 0) is 48.7 Å². The van der Waals surface area contributed by atoms with E-state index in [4.69, 9.17) is 16.2 Å². The van der Waals surface area contributed by atoms with E-state index in [2.05, 4.69) is 0 Å². The molecule has 0 saturated heterocycles. The van der Waals surface area contributed by atoms with E-state index in [0.717, 1.165) is 29.8 Å². The van der Waals surface area contributed by atoms with Crippen molar-refractivity contribution in [3.8, 4) is 5.75 Å². The van der Waals surface area contributed by atoms with Crippen molar-refractivity contribution in [1.82, 2.24) is 0 Å². The van der Waals surface area contributed by atoms with Crippen LogP contribution in [0.4, 0.5) is 11.4 Å². The monoisotopic (exact) mass is 375 g/mol. The maximum absolute atomic E-state index is 12.6. The van der Waals surface area contributed by atoms with E-state index in [0.29, 0.717) is 17.9 Å². The van der Waals surface area contributed by atoms with Crippen molar-refractivity contribution in [3.05, 3.63) is 53.6 Å². The number of anilines is 2. The summed E-state index contributed by atoms with van der Waals surface area (Å²) in [5.41, 5.74) is 14.3. The summed E-state index contributed by atoms with van der Waals surface area (Å²) < 4.78 is 5.59. The maximum Gasteiger partial charge on any atom is 0.248 e. The number of hydrogen-bond acceptors (Lipinski definition) is 4. The van der Waals surface area contributed by atoms with Crippen molar-refractivity contribution in [3.63, 3.8) is 0 Å². The molecule has 6 nitrogen and oxygen atoms in total. The minimum atomic E-state index is -0.510. The highest BCUT2D eigenvalue weighted by molar-refractivity contribution is 5.95. The number of nitrogen functional groups attached to an aromatic ring is 1. The van der Waals surface area contributed by atoms with Crippen LogP contribution >= 0.6 is 12.4 Å². The Morgan fingerprint density at radius 3 is 2.69 bits per heavy atom. The average Bonchev–Trinajstić information content (AvgIpc) is 2.62. The summed E-state index contributed by atoms with van der Waals surface area (Å²) in [6.07, 6.45) is 2.03. The number of carbonyl (C=O) groups is 2. The van der Waals surface area contributed by atoms with Crippen molar-refractivity contribution in [2.45, 2.75) is 19.3 Å². The van der Waals surface area contributed by atoms with Crippen molar-refractivity contribution < 1.29 is 14.3 Å². The third-order valence-corrected chi connectivity index (χ3v) is 4.29. The molecular weight excluding hydrogens is 354 g/mol. The molecule has 0 radical (unpaired) electrons. The highest BCUT2D eigenvalue weighted by Crippen LogP contribution is 2.31. The molecule has 2 amide bonds. The average molecular weight is 376 g/mol. The van der Waals surface area contributed by atoms with E-state index in [1.807, 2.05) is 18.2 Å². The third kappa shape index (κ3) is 4.26. The van der Waals surface area contributed by atoms with Gasteiger partial charge >= 0.3 is 0 Å². The molecule has 138 valence electrons. The number of benzene rings is 2. The van der Waals surface area contributed by atoms with Gasteiger partial charge in [0.25, 0.3) is 0 Å². The highest BCUT2D eigenvalue weighted by atomic mass is 35.5. The topological polar surface area (TPSA) is 98.7 Å². The number of ether oxygens (including phenoxy) is 1. The molecule has 0 saturated carbocycles. The molecule has 0 aliphatic carbocycles. The van der Waals surface area contributed by atoms with Gasteiger partial charge in [-0.2, -0.15) is 0 Å². The summed E-state index contributed by atoms with van der Waals surface area (Å²) in [6.45, 7) is 0.918. The molecule has 3 rings (SSSR count). The first-order valence-corrected chi connectivity index (χ1v) is 8.26. The van der Waals surface area contributed by atoms with E-state index in [-0.39, 0.29) is 31.3 Å². The maximum atomic E-state index is 12.6. The molecule has 0 bridgehead atoms. The van der Waals surface area contributed by atoms with Crippen LogP contribution in [0.25, 0.3) is 0 Å². The Morgan fingerprint density at radius 2 is 1.92 bits per heavy atom. The van der Waals surface area contributed by atoms with Gasteiger partial charge in [-0.1, -0.05) is 12.1 Å². The number of halogens is 1. The van der Waals surface area contributed by atoms with E-state index in [1.54, 1.807) is 29.2 Å². The molecule has 1 aliphatic rings. The standard InChI is InChI=1S/C19H21N3O3.ClH/c20-16-7-2-8-17-15(16)6-3-10-22(17)18(23)9-11-25-14-5-1-4-13(12-14)19(21)24;/h1-2,4-5,7-8,12H,3,6,9-11,20H2,(H2,21,24);1H. The van der Waals surface area contributed by atoms with Gasteiger partial charge in [0.1, 0.15) is 5.75 Å². The molecule has 7 heteroatoms. The van der Waals surface area contributed by atoms with Gasteiger partial charge in [-0.3, -0.25) is 9.59 Å². The van der Waals surface area contributed by atoms with Crippen LogP contribution in [0.2, 0.25) is 0 Å². The number of carbonyl (C=O) groups excluding carboxylic acids is 2. The van der Waals surface area contributed by atoms with Crippen LogP contribution in [0.3, 0.4) is 0 Å². The Morgan fingerprint density at radius 1 is 1.15 bits per heavy atom. The Balaban J connectivity index is 0.00000243. The molecule has 26 heavy (non-hydrogen) atoms. The lowest BCUT2D eigenvalue weighted by Crippen LogP contribution is -2.36. The number of fused-ring (bicyclic) bond motifs is 1. The van der Waals surface area contributed by atoms with E-state index >= 15 is 0 Å². The van der Waals surface area contributed by atoms with Crippen LogP contribution in [-0.4, -0.2) is 25.0 Å². The fraction of sp³-hybridized carbons (Fsp3) is 0.263. The lowest BCUT2D eigenvalue weighted by Gasteiger charge is -2.30. The normalized spacial score (nSPS) is 12.7. The Labute approximate surface area is 158 Å². The minimum absolute atomic E-state index is 0. The highest BCUT2D eigenvalue weighted by Gasteiger charge is 2.23. The second-order valence-corrected chi connectivity index (χ2v) is 5.98. The first kappa shape index (κ1) is 19.6. The number of rotatable bonds is 5. The van der Waals surface area contributed by atoms with E-state index < -0.39 is 5.91 Å². The Kier molecular flexibility index (Phi) is 6.46. The van der Waals surface area contributed by atoms with Crippen molar-refractivity contribution in [2.75, 3.05) is 23.8 Å². The third-order valence-electron chi connectivity index (χ3n) is 4.29. The van der Waals surface area contributed by atoms with Crippen LogP contribution in [-0.2, 0) is 11.2 Å². The fourth-order valence-corrected chi connectivity index (χ4v) is 3.04. The van der Waals surface area contributed by atoms with Gasteiger partial charge in [-0.25, -0.2) is 0 Å². The molecule has 0 fully saturated rings. The smallest absolute Gasteiger partial charge is 0.248 e. The summed E-state index contributed by atoms with van der Waals surface area (Å²) in [4.78, 5) is 25.5. The lowest BCUT2D eigenvalue weighted by molar-refractivity contribution is -0.119. The molecule has 0 aromatic heterocycles. The van der Waals surface area contributed by atoms with Gasteiger partial charge in [0.15, 0.2) is 0 Å². The van der Waals surface area contributed by atoms with Crippen LogP contribution < -0.4 is 21.1 Å². The molecule has 2 aromatic carbocycles. The molecule has 0 spiro atoms. The quantitative estimate of drug-likeness (QED) is 0.784. The molecule has 4 N–H and O–H groups in total. The summed E-state index contributed by atoms with van der Waals surface area (Å²) in [5, 5.41) is 0. The SMILES string of the molecule is Cl.NC(=O)c1cccc(OCCC(=O)N2CCCc3c(N)cccc32)c1. The first-order valence-electron chi connectivity index (χ1n) is 8.26. The Hall–Kier alpha value is -2.73. The minimum Gasteiger partial charge on any atom is -0.493 e. The zero-order valence-corrected chi connectivity index (χ0v) is 15.1. The molecule has 1 heterocycles. The van der Waals surface area contributed by atoms with Crippen molar-refractivity contribution >= 4 is 35.6 Å². The summed E-state index contributed by atoms with van der Waals surface area (Å²) in [6, 6.07) is 12.3. The van der Waals surface area contributed by atoms with Gasteiger partial charge in [0, 0.05) is 23.5 Å². The molecule has 0 unspecified atom stereocenters. The predicted molar refractivity (Wildman–Crippen MR) is 104 cm³/mol. The number of amides is 2. The van der Waals surface area contributed by atoms with E-state index in [1.165, 1.54) is 0 Å². The first-order chi connectivity index (χ1) is 12.1. The number of nitrogens with two attached hydrogens (primary N) is 2. The summed E-state index contributed by atoms with van der Waals surface area (Å²) in [7, 11) is 0. The fourth-order valence-electron chi connectivity index (χ4n) is 3.04. The molecular formula is C19H22ClN3O3. The summed E-state index contributed by atoms with van der Waals surface area (Å²) in [5.74, 6) is 0.00836. The second-order valence-electron chi connectivity index (χ2n) is 5.98. The molecule has 0 atom stereocenters. The lowest BCUT2D eigenvalue weighted by atomic mass is 9.99. The number of nitrogens with zero attached hydrogens (tertiary/aromatic N) is 1. The van der Waals surface area contributed by atoms with Crippen LogP contribution in [0.1, 0.15) is 28.8 Å². The zero-order chi connectivity index (χ0) is 17.8. The zero-order valence-electron chi connectivity index (χ0n) is 14.3. The Bertz CT molecular complexity index is 810.